The first kappa shape index (κ1) is 11.4. The van der Waals surface area contributed by atoms with Crippen LogP contribution in [0.5, 0.6) is 0 Å². The topological polar surface area (TPSA) is 52.0 Å². The van der Waals surface area contributed by atoms with Gasteiger partial charge in [-0.05, 0) is 25.7 Å². The number of allylic oxidation sites excluding steroid dienone is 6. The molecular weight excluding hydrogens is 196 g/mol. The highest BCUT2D eigenvalue weighted by molar-refractivity contribution is 5.30. The lowest BCUT2D eigenvalue weighted by molar-refractivity contribution is 0.602. The normalized spacial score (nSPS) is 23.6. The van der Waals surface area contributed by atoms with E-state index in [1.807, 2.05) is 0 Å². The zero-order chi connectivity index (χ0) is 11.4. The van der Waals surface area contributed by atoms with Gasteiger partial charge in [0, 0.05) is 12.1 Å². The fraction of sp³-hybridized carbons (Fsp3) is 0.429. The van der Waals surface area contributed by atoms with E-state index in [1.54, 1.807) is 0 Å². The van der Waals surface area contributed by atoms with Crippen LogP contribution in [0.4, 0.5) is 0 Å². The molecule has 0 heterocycles. The van der Waals surface area contributed by atoms with Crippen LogP contribution in [-0.4, -0.2) is 12.1 Å². The summed E-state index contributed by atoms with van der Waals surface area (Å²) in [6.45, 7) is 0. The van der Waals surface area contributed by atoms with Crippen LogP contribution in [0.15, 0.2) is 47.6 Å². The molecule has 0 fully saturated rings. The summed E-state index contributed by atoms with van der Waals surface area (Å²) in [5.41, 5.74) is 15.0. The van der Waals surface area contributed by atoms with Crippen molar-refractivity contribution in [3.05, 3.63) is 47.6 Å². The predicted octanol–water partition coefficient (Wildman–Crippen LogP) is 2.19. The van der Waals surface area contributed by atoms with E-state index >= 15 is 0 Å². The summed E-state index contributed by atoms with van der Waals surface area (Å²) >= 11 is 0. The minimum Gasteiger partial charge on any atom is -0.323 e. The van der Waals surface area contributed by atoms with E-state index in [2.05, 4.69) is 36.5 Å². The van der Waals surface area contributed by atoms with Gasteiger partial charge in [-0.3, -0.25) is 0 Å². The van der Waals surface area contributed by atoms with Crippen LogP contribution in [0.3, 0.4) is 0 Å². The third-order valence-electron chi connectivity index (χ3n) is 3.34. The first-order valence-electron chi connectivity index (χ1n) is 6.01. The fourth-order valence-electron chi connectivity index (χ4n) is 2.26. The maximum absolute atomic E-state index is 6.23. The van der Waals surface area contributed by atoms with E-state index in [1.165, 1.54) is 11.1 Å². The SMILES string of the molecule is NC(C1=CC=CCC1)C(N)C1=CC=CCC1. The molecule has 16 heavy (non-hydrogen) atoms. The summed E-state index contributed by atoms with van der Waals surface area (Å²) in [6.07, 6.45) is 17.0. The highest BCUT2D eigenvalue weighted by Gasteiger charge is 2.21. The molecule has 0 bridgehead atoms. The van der Waals surface area contributed by atoms with E-state index in [4.69, 9.17) is 11.5 Å². The van der Waals surface area contributed by atoms with Gasteiger partial charge in [0.05, 0.1) is 0 Å². The third kappa shape index (κ3) is 2.52. The van der Waals surface area contributed by atoms with Crippen molar-refractivity contribution in [3.63, 3.8) is 0 Å². The summed E-state index contributed by atoms with van der Waals surface area (Å²) in [6, 6.07) is -0.0506. The summed E-state index contributed by atoms with van der Waals surface area (Å²) in [4.78, 5) is 0. The molecule has 0 spiro atoms. The molecule has 2 unspecified atom stereocenters. The lowest BCUT2D eigenvalue weighted by Crippen LogP contribution is -2.44. The molecular formula is C14H20N2. The van der Waals surface area contributed by atoms with E-state index in [9.17, 15) is 0 Å². The smallest absolute Gasteiger partial charge is 0.0450 e. The van der Waals surface area contributed by atoms with Crippen LogP contribution >= 0.6 is 0 Å². The molecule has 2 atom stereocenters. The van der Waals surface area contributed by atoms with Crippen molar-refractivity contribution in [3.8, 4) is 0 Å². The Kier molecular flexibility index (Phi) is 3.75. The standard InChI is InChI=1S/C14H20N2/c15-13(11-7-3-1-4-8-11)14(16)12-9-5-2-6-10-12/h1-3,5,7,9,13-14H,4,6,8,10,15-16H2. The molecule has 4 N–H and O–H groups in total. The molecule has 86 valence electrons. The molecule has 0 saturated carbocycles. The molecule has 0 amide bonds. The van der Waals surface area contributed by atoms with Crippen LogP contribution < -0.4 is 11.5 Å². The number of hydrogen-bond donors (Lipinski definition) is 2. The molecule has 2 nitrogen and oxygen atoms in total. The average Bonchev–Trinajstić information content (AvgIpc) is 2.39. The van der Waals surface area contributed by atoms with Crippen molar-refractivity contribution in [2.45, 2.75) is 37.8 Å². The van der Waals surface area contributed by atoms with Crippen LogP contribution in [0.2, 0.25) is 0 Å². The first-order chi connectivity index (χ1) is 7.79. The Morgan fingerprint density at radius 3 is 1.56 bits per heavy atom. The van der Waals surface area contributed by atoms with Gasteiger partial charge in [0.25, 0.3) is 0 Å². The lowest BCUT2D eigenvalue weighted by Gasteiger charge is -2.26. The fourth-order valence-corrected chi connectivity index (χ4v) is 2.26. The quantitative estimate of drug-likeness (QED) is 0.760. The van der Waals surface area contributed by atoms with E-state index < -0.39 is 0 Å². The van der Waals surface area contributed by atoms with E-state index in [0.717, 1.165) is 25.7 Å². The number of hydrogen-bond acceptors (Lipinski definition) is 2. The van der Waals surface area contributed by atoms with E-state index in [-0.39, 0.29) is 12.1 Å². The zero-order valence-corrected chi connectivity index (χ0v) is 9.60. The number of nitrogens with two attached hydrogens (primary N) is 2. The molecule has 0 aromatic carbocycles. The summed E-state index contributed by atoms with van der Waals surface area (Å²) < 4.78 is 0. The van der Waals surface area contributed by atoms with Crippen LogP contribution in [0.1, 0.15) is 25.7 Å². The summed E-state index contributed by atoms with van der Waals surface area (Å²) in [5.74, 6) is 0. The van der Waals surface area contributed by atoms with Crippen molar-refractivity contribution < 1.29 is 0 Å². The zero-order valence-electron chi connectivity index (χ0n) is 9.60. The van der Waals surface area contributed by atoms with Crippen LogP contribution in [0.25, 0.3) is 0 Å². The summed E-state index contributed by atoms with van der Waals surface area (Å²) in [7, 11) is 0. The molecule has 2 heteroatoms. The van der Waals surface area contributed by atoms with Crippen LogP contribution in [0, 0.1) is 0 Å². The van der Waals surface area contributed by atoms with E-state index in [0.29, 0.717) is 0 Å². The second kappa shape index (κ2) is 5.28. The van der Waals surface area contributed by atoms with Crippen molar-refractivity contribution in [1.82, 2.24) is 0 Å². The van der Waals surface area contributed by atoms with Gasteiger partial charge < -0.3 is 11.5 Å². The second-order valence-electron chi connectivity index (χ2n) is 4.47. The maximum Gasteiger partial charge on any atom is 0.0450 e. The molecule has 2 rings (SSSR count). The molecule has 0 saturated heterocycles. The van der Waals surface area contributed by atoms with Crippen LogP contribution in [-0.2, 0) is 0 Å². The Balaban J connectivity index is 2.06. The van der Waals surface area contributed by atoms with Gasteiger partial charge in [0.1, 0.15) is 0 Å². The Labute approximate surface area is 97.4 Å². The minimum absolute atomic E-state index is 0.0253. The largest absolute Gasteiger partial charge is 0.323 e. The Morgan fingerprint density at radius 1 is 0.812 bits per heavy atom. The van der Waals surface area contributed by atoms with Crippen molar-refractivity contribution in [1.29, 1.82) is 0 Å². The Morgan fingerprint density at radius 2 is 1.25 bits per heavy atom. The highest BCUT2D eigenvalue weighted by atomic mass is 14.8. The second-order valence-corrected chi connectivity index (χ2v) is 4.47. The molecule has 0 aromatic rings. The third-order valence-corrected chi connectivity index (χ3v) is 3.34. The average molecular weight is 216 g/mol. The van der Waals surface area contributed by atoms with Gasteiger partial charge in [0.2, 0.25) is 0 Å². The highest BCUT2D eigenvalue weighted by Crippen LogP contribution is 2.22. The molecule has 2 aliphatic carbocycles. The molecule has 2 aliphatic rings. The Bertz CT molecular complexity index is 325. The summed E-state index contributed by atoms with van der Waals surface area (Å²) in [5, 5.41) is 0. The van der Waals surface area contributed by atoms with Gasteiger partial charge >= 0.3 is 0 Å². The Hall–Kier alpha value is -1.12. The lowest BCUT2D eigenvalue weighted by atomic mass is 9.87. The molecule has 0 aromatic heterocycles. The van der Waals surface area contributed by atoms with Gasteiger partial charge in [-0.25, -0.2) is 0 Å². The van der Waals surface area contributed by atoms with Crippen molar-refractivity contribution >= 4 is 0 Å². The molecule has 0 aliphatic heterocycles. The number of rotatable bonds is 3. The molecule has 0 radical (unpaired) electrons. The monoisotopic (exact) mass is 216 g/mol. The van der Waals surface area contributed by atoms with Crippen molar-refractivity contribution in [2.75, 3.05) is 0 Å². The van der Waals surface area contributed by atoms with Crippen molar-refractivity contribution in [2.24, 2.45) is 11.5 Å². The maximum atomic E-state index is 6.23. The van der Waals surface area contributed by atoms with Gasteiger partial charge in [-0.1, -0.05) is 47.6 Å². The predicted molar refractivity (Wildman–Crippen MR) is 68.9 cm³/mol. The minimum atomic E-state index is -0.0253. The van der Waals surface area contributed by atoms with Gasteiger partial charge in [-0.2, -0.15) is 0 Å². The van der Waals surface area contributed by atoms with Gasteiger partial charge in [0.15, 0.2) is 0 Å². The first-order valence-corrected chi connectivity index (χ1v) is 6.01. The van der Waals surface area contributed by atoms with Gasteiger partial charge in [-0.15, -0.1) is 0 Å².